The zero-order valence-corrected chi connectivity index (χ0v) is 15.1. The fourth-order valence-corrected chi connectivity index (χ4v) is 2.46. The number of carbonyl (C=O) groups excluding carboxylic acids is 2. The van der Waals surface area contributed by atoms with E-state index < -0.39 is 11.9 Å². The molecule has 1 heterocycles. The fourth-order valence-electron chi connectivity index (χ4n) is 2.10. The molecule has 0 fully saturated rings. The highest BCUT2D eigenvalue weighted by molar-refractivity contribution is 14.1. The zero-order chi connectivity index (χ0) is 17.8. The van der Waals surface area contributed by atoms with Crippen molar-refractivity contribution >= 4 is 46.4 Å². The molecule has 3 rings (SSSR count). The van der Waals surface area contributed by atoms with Gasteiger partial charge < -0.3 is 15.2 Å². The number of esters is 1. The number of benzene rings is 2. The number of hydrogen-bond acceptors (Lipinski definition) is 5. The average Bonchev–Trinajstić information content (AvgIpc) is 2.95. The summed E-state index contributed by atoms with van der Waals surface area (Å²) in [6.45, 7) is -0.184. The Balaban J connectivity index is 1.77. The monoisotopic (exact) mass is 448 g/mol. The van der Waals surface area contributed by atoms with Crippen molar-refractivity contribution in [2.24, 2.45) is 10.7 Å². The molecule has 6 nitrogen and oxygen atoms in total. The number of aliphatic imine (C=N–C) groups is 1. The van der Waals surface area contributed by atoms with Crippen LogP contribution in [0.15, 0.2) is 59.2 Å². The third-order valence-corrected chi connectivity index (χ3v) is 4.00. The third kappa shape index (κ3) is 4.44. The van der Waals surface area contributed by atoms with Crippen molar-refractivity contribution in [3.63, 3.8) is 0 Å². The summed E-state index contributed by atoms with van der Waals surface area (Å²) in [4.78, 5) is 26.9. The molecule has 0 aromatic heterocycles. The molecular formula is C18H13IN2O4. The number of primary amides is 1. The van der Waals surface area contributed by atoms with Gasteiger partial charge in [-0.25, -0.2) is 9.79 Å². The Kier molecular flexibility index (Phi) is 5.13. The second-order valence-electron chi connectivity index (χ2n) is 5.17. The van der Waals surface area contributed by atoms with E-state index in [0.29, 0.717) is 5.75 Å². The first kappa shape index (κ1) is 17.2. The smallest absolute Gasteiger partial charge is 0.363 e. The number of ether oxygens (including phenoxy) is 2. The van der Waals surface area contributed by atoms with E-state index in [-0.39, 0.29) is 18.2 Å². The number of rotatable bonds is 5. The van der Waals surface area contributed by atoms with Crippen LogP contribution < -0.4 is 10.5 Å². The molecule has 1 amide bonds. The number of halogens is 1. The van der Waals surface area contributed by atoms with Crippen LogP contribution in [0.2, 0.25) is 0 Å². The molecule has 2 N–H and O–H groups in total. The highest BCUT2D eigenvalue weighted by Gasteiger charge is 2.24. The van der Waals surface area contributed by atoms with Crippen LogP contribution >= 0.6 is 22.6 Å². The number of hydrogen-bond donors (Lipinski definition) is 1. The molecule has 2 aromatic rings. The van der Waals surface area contributed by atoms with Crippen LogP contribution in [0.1, 0.15) is 11.1 Å². The predicted octanol–water partition coefficient (Wildman–Crippen LogP) is 2.50. The topological polar surface area (TPSA) is 91.0 Å². The minimum absolute atomic E-state index is 0.184. The Morgan fingerprint density at radius 2 is 1.84 bits per heavy atom. The highest BCUT2D eigenvalue weighted by Crippen LogP contribution is 2.21. The second-order valence-corrected chi connectivity index (χ2v) is 6.41. The van der Waals surface area contributed by atoms with Crippen LogP contribution in [0.5, 0.6) is 5.75 Å². The van der Waals surface area contributed by atoms with Gasteiger partial charge in [0.15, 0.2) is 12.3 Å². The summed E-state index contributed by atoms with van der Waals surface area (Å²) >= 11 is 2.20. The van der Waals surface area contributed by atoms with Gasteiger partial charge in [0.05, 0.1) is 0 Å². The molecule has 0 bridgehead atoms. The number of nitrogens with two attached hydrogens (primary N) is 1. The van der Waals surface area contributed by atoms with E-state index in [0.717, 1.165) is 14.7 Å². The summed E-state index contributed by atoms with van der Waals surface area (Å²) in [7, 11) is 0. The normalized spacial score (nSPS) is 15.0. The maximum Gasteiger partial charge on any atom is 0.363 e. The van der Waals surface area contributed by atoms with E-state index in [1.807, 2.05) is 24.3 Å². The lowest BCUT2D eigenvalue weighted by atomic mass is 10.2. The van der Waals surface area contributed by atoms with Gasteiger partial charge in [0.25, 0.3) is 5.91 Å². The molecule has 1 aliphatic rings. The standard InChI is InChI=1S/C18H13IN2O4/c19-13-5-3-12(4-6-13)17-21-15(18(23)25-17)9-11-1-7-14(8-2-11)24-10-16(20)22/h1-9H,10H2,(H2,20,22)/b15-9-. The van der Waals surface area contributed by atoms with Crippen LogP contribution in [-0.2, 0) is 14.3 Å². The van der Waals surface area contributed by atoms with Gasteiger partial charge in [0, 0.05) is 9.13 Å². The Morgan fingerprint density at radius 1 is 1.16 bits per heavy atom. The van der Waals surface area contributed by atoms with Gasteiger partial charge in [-0.3, -0.25) is 4.79 Å². The van der Waals surface area contributed by atoms with E-state index in [2.05, 4.69) is 27.6 Å². The number of amides is 1. The minimum atomic E-state index is -0.544. The van der Waals surface area contributed by atoms with E-state index in [1.54, 1.807) is 30.3 Å². The van der Waals surface area contributed by atoms with Crippen LogP contribution in [0.3, 0.4) is 0 Å². The molecule has 0 aliphatic carbocycles. The third-order valence-electron chi connectivity index (χ3n) is 3.28. The maximum absolute atomic E-state index is 12.0. The summed E-state index contributed by atoms with van der Waals surface area (Å²) in [6, 6.07) is 14.4. The first-order valence-corrected chi connectivity index (χ1v) is 8.39. The number of cyclic esters (lactones) is 1. The lowest BCUT2D eigenvalue weighted by Gasteiger charge is -2.03. The predicted molar refractivity (Wildman–Crippen MR) is 101 cm³/mol. The Labute approximate surface area is 157 Å². The molecule has 0 radical (unpaired) electrons. The van der Waals surface area contributed by atoms with Crippen molar-refractivity contribution in [2.75, 3.05) is 6.61 Å². The number of nitrogens with zero attached hydrogens (tertiary/aromatic N) is 1. The van der Waals surface area contributed by atoms with Crippen LogP contribution in [-0.4, -0.2) is 24.4 Å². The quantitative estimate of drug-likeness (QED) is 0.433. The van der Waals surface area contributed by atoms with Gasteiger partial charge in [0.1, 0.15) is 5.75 Å². The average molecular weight is 448 g/mol. The van der Waals surface area contributed by atoms with Gasteiger partial charge in [-0.15, -0.1) is 0 Å². The highest BCUT2D eigenvalue weighted by atomic mass is 127. The molecule has 7 heteroatoms. The summed E-state index contributed by atoms with van der Waals surface area (Å²) in [5.74, 6) is -0.243. The summed E-state index contributed by atoms with van der Waals surface area (Å²) in [6.07, 6.45) is 1.62. The number of carbonyl (C=O) groups is 2. The molecular weight excluding hydrogens is 435 g/mol. The van der Waals surface area contributed by atoms with Crippen LogP contribution in [0.4, 0.5) is 0 Å². The molecule has 0 unspecified atom stereocenters. The minimum Gasteiger partial charge on any atom is -0.484 e. The van der Waals surface area contributed by atoms with E-state index >= 15 is 0 Å². The Hall–Kier alpha value is -2.68. The maximum atomic E-state index is 12.0. The molecule has 1 aliphatic heterocycles. The second kappa shape index (κ2) is 7.47. The van der Waals surface area contributed by atoms with Gasteiger partial charge in [0.2, 0.25) is 5.90 Å². The van der Waals surface area contributed by atoms with E-state index in [4.69, 9.17) is 15.2 Å². The molecule has 2 aromatic carbocycles. The molecule has 0 spiro atoms. The van der Waals surface area contributed by atoms with Crippen molar-refractivity contribution in [2.45, 2.75) is 0 Å². The molecule has 25 heavy (non-hydrogen) atoms. The van der Waals surface area contributed by atoms with E-state index in [9.17, 15) is 9.59 Å². The molecule has 0 saturated heterocycles. The Bertz CT molecular complexity index is 871. The molecule has 0 atom stereocenters. The summed E-state index contributed by atoms with van der Waals surface area (Å²) < 4.78 is 11.5. The molecule has 126 valence electrons. The largest absolute Gasteiger partial charge is 0.484 e. The lowest BCUT2D eigenvalue weighted by Crippen LogP contribution is -2.19. The zero-order valence-electron chi connectivity index (χ0n) is 12.9. The Morgan fingerprint density at radius 3 is 2.48 bits per heavy atom. The summed E-state index contributed by atoms with van der Waals surface area (Å²) in [5, 5.41) is 0. The van der Waals surface area contributed by atoms with E-state index in [1.165, 1.54) is 0 Å². The van der Waals surface area contributed by atoms with Crippen molar-refractivity contribution in [1.29, 1.82) is 0 Å². The fraction of sp³-hybridized carbons (Fsp3) is 0.0556. The lowest BCUT2D eigenvalue weighted by molar-refractivity contribution is -0.130. The van der Waals surface area contributed by atoms with Gasteiger partial charge in [-0.1, -0.05) is 12.1 Å². The van der Waals surface area contributed by atoms with Crippen molar-refractivity contribution in [1.82, 2.24) is 0 Å². The molecule has 0 saturated carbocycles. The SMILES string of the molecule is NC(=O)COc1ccc(/C=C2\N=C(c3ccc(I)cc3)OC2=O)cc1. The van der Waals surface area contributed by atoms with Crippen LogP contribution in [0.25, 0.3) is 6.08 Å². The first-order valence-electron chi connectivity index (χ1n) is 7.31. The van der Waals surface area contributed by atoms with Crippen molar-refractivity contribution in [3.8, 4) is 5.75 Å². The van der Waals surface area contributed by atoms with Gasteiger partial charge in [-0.05, 0) is 70.6 Å². The van der Waals surface area contributed by atoms with Gasteiger partial charge in [-0.2, -0.15) is 0 Å². The van der Waals surface area contributed by atoms with Crippen molar-refractivity contribution in [3.05, 3.63) is 68.9 Å². The van der Waals surface area contributed by atoms with Crippen molar-refractivity contribution < 1.29 is 19.1 Å². The first-order chi connectivity index (χ1) is 12.0. The summed E-state index contributed by atoms with van der Waals surface area (Å²) in [5.41, 5.74) is 6.74. The van der Waals surface area contributed by atoms with Gasteiger partial charge >= 0.3 is 5.97 Å². The van der Waals surface area contributed by atoms with Crippen LogP contribution in [0, 0.1) is 3.57 Å².